The quantitative estimate of drug-likeness (QED) is 0.292. The molecule has 3 aromatic carbocycles. The Morgan fingerprint density at radius 3 is 2.63 bits per heavy atom. The van der Waals surface area contributed by atoms with Gasteiger partial charge in [-0.15, -0.1) is 0 Å². The number of para-hydroxylation sites is 1. The summed E-state index contributed by atoms with van der Waals surface area (Å²) in [6, 6.07) is 24.2. The lowest BCUT2D eigenvalue weighted by atomic mass is 9.73. The summed E-state index contributed by atoms with van der Waals surface area (Å²) in [7, 11) is 0. The van der Waals surface area contributed by atoms with E-state index in [0.717, 1.165) is 72.5 Å². The maximum absolute atomic E-state index is 13.2. The van der Waals surface area contributed by atoms with Crippen molar-refractivity contribution in [3.8, 4) is 17.2 Å². The van der Waals surface area contributed by atoms with E-state index in [1.165, 1.54) is 0 Å². The lowest BCUT2D eigenvalue weighted by Gasteiger charge is -2.48. The van der Waals surface area contributed by atoms with Crippen LogP contribution in [0.4, 0.5) is 0 Å². The molecule has 1 aliphatic heterocycles. The summed E-state index contributed by atoms with van der Waals surface area (Å²) in [5.74, 6) is 2.55. The van der Waals surface area contributed by atoms with Crippen LogP contribution in [0.25, 0.3) is 0 Å². The number of hydrogen-bond acceptors (Lipinski definition) is 4. The van der Waals surface area contributed by atoms with Crippen LogP contribution in [0.5, 0.6) is 17.2 Å². The Kier molecular flexibility index (Phi) is 8.21. The molecule has 1 heterocycles. The predicted molar refractivity (Wildman–Crippen MR) is 150 cm³/mol. The van der Waals surface area contributed by atoms with Crippen molar-refractivity contribution in [1.29, 1.82) is 0 Å². The van der Waals surface area contributed by atoms with E-state index in [-0.39, 0.29) is 23.7 Å². The number of carbonyl (C=O) groups is 1. The van der Waals surface area contributed by atoms with E-state index >= 15 is 0 Å². The Hall–Kier alpha value is -3.47. The summed E-state index contributed by atoms with van der Waals surface area (Å²) in [5.41, 5.74) is 3.05. The van der Waals surface area contributed by atoms with Crippen molar-refractivity contribution >= 4 is 5.91 Å². The Labute approximate surface area is 226 Å². The standard InChI is InChI=1S/C33H39NO4/c1-3-10-24(2)37-30-14-8-7-13-26(30)15-18-32(35)34-29-22-33(19-9-20-33)38-31-21-27(16-17-28(29)31)36-23-25-11-5-4-6-12-25/h4-8,11-14,16-17,21,24,29H,3,9-10,15,18-20,22-23H2,1-2H3,(H,34,35)/t24?,29-/m0/s1. The highest BCUT2D eigenvalue weighted by Crippen LogP contribution is 2.49. The van der Waals surface area contributed by atoms with Crippen molar-refractivity contribution < 1.29 is 19.0 Å². The topological polar surface area (TPSA) is 56.8 Å². The second-order valence-corrected chi connectivity index (χ2v) is 10.8. The van der Waals surface area contributed by atoms with Gasteiger partial charge in [-0.2, -0.15) is 0 Å². The van der Waals surface area contributed by atoms with Crippen LogP contribution in [0.15, 0.2) is 72.8 Å². The van der Waals surface area contributed by atoms with Gasteiger partial charge in [0.2, 0.25) is 5.91 Å². The molecule has 0 aromatic heterocycles. The zero-order chi connectivity index (χ0) is 26.4. The number of nitrogens with one attached hydrogen (secondary N) is 1. The first-order valence-electron chi connectivity index (χ1n) is 14.1. The SMILES string of the molecule is CCCC(C)Oc1ccccc1CCC(=O)N[C@H]1CC2(CCC2)Oc2cc(OCc3ccccc3)ccc21. The maximum atomic E-state index is 13.2. The van der Waals surface area contributed by atoms with Crippen molar-refractivity contribution in [2.45, 2.75) is 89.6 Å². The van der Waals surface area contributed by atoms with Gasteiger partial charge in [0.25, 0.3) is 0 Å². The van der Waals surface area contributed by atoms with Crippen molar-refractivity contribution in [3.63, 3.8) is 0 Å². The van der Waals surface area contributed by atoms with Crippen LogP contribution in [0, 0.1) is 0 Å². The van der Waals surface area contributed by atoms with Gasteiger partial charge in [0.1, 0.15) is 29.5 Å². The highest BCUT2D eigenvalue weighted by atomic mass is 16.5. The van der Waals surface area contributed by atoms with Gasteiger partial charge in [0, 0.05) is 24.5 Å². The first kappa shape index (κ1) is 26.1. The van der Waals surface area contributed by atoms with Crippen LogP contribution in [0.3, 0.4) is 0 Å². The predicted octanol–water partition coefficient (Wildman–Crippen LogP) is 7.33. The van der Waals surface area contributed by atoms with Crippen molar-refractivity contribution in [2.24, 2.45) is 0 Å². The maximum Gasteiger partial charge on any atom is 0.220 e. The fraction of sp³-hybridized carbons (Fsp3) is 0.424. The number of amides is 1. The van der Waals surface area contributed by atoms with Crippen molar-refractivity contribution in [2.75, 3.05) is 0 Å². The summed E-state index contributed by atoms with van der Waals surface area (Å²) < 4.78 is 18.7. The Morgan fingerprint density at radius 2 is 1.87 bits per heavy atom. The smallest absolute Gasteiger partial charge is 0.220 e. The monoisotopic (exact) mass is 513 g/mol. The van der Waals surface area contributed by atoms with Gasteiger partial charge in [-0.05, 0) is 68.4 Å². The third-order valence-corrected chi connectivity index (χ3v) is 7.73. The number of carbonyl (C=O) groups excluding carboxylic acids is 1. The second-order valence-electron chi connectivity index (χ2n) is 10.8. The molecule has 0 radical (unpaired) electrons. The second kappa shape index (κ2) is 11.9. The molecule has 5 rings (SSSR count). The third kappa shape index (κ3) is 6.32. The largest absolute Gasteiger partial charge is 0.490 e. The van der Waals surface area contributed by atoms with Crippen molar-refractivity contribution in [1.82, 2.24) is 5.32 Å². The van der Waals surface area contributed by atoms with Crippen LogP contribution in [-0.4, -0.2) is 17.6 Å². The molecule has 5 nitrogen and oxygen atoms in total. The average molecular weight is 514 g/mol. The normalized spacial score (nSPS) is 18.0. The molecule has 38 heavy (non-hydrogen) atoms. The molecule has 1 unspecified atom stereocenters. The molecule has 2 atom stereocenters. The molecule has 200 valence electrons. The lowest BCUT2D eigenvalue weighted by molar-refractivity contribution is -0.123. The first-order chi connectivity index (χ1) is 18.5. The highest BCUT2D eigenvalue weighted by Gasteiger charge is 2.46. The van der Waals surface area contributed by atoms with Gasteiger partial charge in [-0.3, -0.25) is 4.79 Å². The van der Waals surface area contributed by atoms with Crippen molar-refractivity contribution in [3.05, 3.63) is 89.5 Å². The van der Waals surface area contributed by atoms with E-state index < -0.39 is 0 Å². The van der Waals surface area contributed by atoms with Gasteiger partial charge in [0.15, 0.2) is 0 Å². The lowest BCUT2D eigenvalue weighted by Crippen LogP contribution is -2.49. The summed E-state index contributed by atoms with van der Waals surface area (Å²) in [6.45, 7) is 4.77. The van der Waals surface area contributed by atoms with Crippen LogP contribution in [0.1, 0.15) is 81.5 Å². The Bertz CT molecular complexity index is 1220. The van der Waals surface area contributed by atoms with Crippen LogP contribution in [0.2, 0.25) is 0 Å². The minimum Gasteiger partial charge on any atom is -0.490 e. The number of ether oxygens (including phenoxy) is 3. The molecule has 1 saturated carbocycles. The van der Waals surface area contributed by atoms with Crippen LogP contribution < -0.4 is 19.5 Å². The number of rotatable bonds is 11. The molecule has 3 aromatic rings. The van der Waals surface area contributed by atoms with E-state index in [1.807, 2.05) is 54.6 Å². The molecular formula is C33H39NO4. The molecule has 5 heteroatoms. The average Bonchev–Trinajstić information content (AvgIpc) is 2.91. The van der Waals surface area contributed by atoms with Gasteiger partial charge >= 0.3 is 0 Å². The Morgan fingerprint density at radius 1 is 1.08 bits per heavy atom. The molecule has 1 spiro atoms. The fourth-order valence-electron chi connectivity index (χ4n) is 5.51. The van der Waals surface area contributed by atoms with Crippen LogP contribution in [-0.2, 0) is 17.8 Å². The molecule has 0 bridgehead atoms. The van der Waals surface area contributed by atoms with Crippen LogP contribution >= 0.6 is 0 Å². The molecule has 1 aliphatic carbocycles. The zero-order valence-corrected chi connectivity index (χ0v) is 22.6. The molecule has 0 saturated heterocycles. The number of aryl methyl sites for hydroxylation is 1. The summed E-state index contributed by atoms with van der Waals surface area (Å²) in [5, 5.41) is 3.33. The summed E-state index contributed by atoms with van der Waals surface area (Å²) >= 11 is 0. The van der Waals surface area contributed by atoms with Gasteiger partial charge in [0.05, 0.1) is 12.1 Å². The molecule has 1 N–H and O–H groups in total. The van der Waals surface area contributed by atoms with Gasteiger partial charge in [-0.1, -0.05) is 61.9 Å². The molecular weight excluding hydrogens is 474 g/mol. The van der Waals surface area contributed by atoms with Gasteiger partial charge in [-0.25, -0.2) is 0 Å². The Balaban J connectivity index is 1.24. The van der Waals surface area contributed by atoms with E-state index in [0.29, 0.717) is 19.4 Å². The first-order valence-corrected chi connectivity index (χ1v) is 14.1. The minimum atomic E-state index is -0.182. The molecule has 1 fully saturated rings. The van der Waals surface area contributed by atoms with E-state index in [2.05, 4.69) is 37.4 Å². The number of benzene rings is 3. The molecule has 1 amide bonds. The third-order valence-electron chi connectivity index (χ3n) is 7.73. The molecule has 2 aliphatic rings. The van der Waals surface area contributed by atoms with Gasteiger partial charge < -0.3 is 19.5 Å². The fourth-order valence-corrected chi connectivity index (χ4v) is 5.51. The summed E-state index contributed by atoms with van der Waals surface area (Å²) in [4.78, 5) is 13.2. The highest BCUT2D eigenvalue weighted by molar-refractivity contribution is 5.77. The number of hydrogen-bond donors (Lipinski definition) is 1. The number of fused-ring (bicyclic) bond motifs is 1. The van der Waals surface area contributed by atoms with E-state index in [9.17, 15) is 4.79 Å². The minimum absolute atomic E-state index is 0.0538. The zero-order valence-electron chi connectivity index (χ0n) is 22.6. The van der Waals surface area contributed by atoms with E-state index in [4.69, 9.17) is 14.2 Å². The summed E-state index contributed by atoms with van der Waals surface area (Å²) in [6.07, 6.45) is 7.34. The van der Waals surface area contributed by atoms with E-state index in [1.54, 1.807) is 0 Å².